The van der Waals surface area contributed by atoms with Crippen molar-refractivity contribution in [2.45, 2.75) is 37.0 Å². The summed E-state index contributed by atoms with van der Waals surface area (Å²) in [4.78, 5) is 4.57. The molecule has 17 heavy (non-hydrogen) atoms. The molecule has 1 aromatic rings. The van der Waals surface area contributed by atoms with Gasteiger partial charge in [-0.3, -0.25) is 0 Å². The Morgan fingerprint density at radius 3 is 3.00 bits per heavy atom. The van der Waals surface area contributed by atoms with Crippen molar-refractivity contribution in [2.75, 3.05) is 26.9 Å². The molecule has 0 N–H and O–H groups in total. The first-order valence-electron chi connectivity index (χ1n) is 6.25. The van der Waals surface area contributed by atoms with Crippen molar-refractivity contribution in [2.24, 2.45) is 0 Å². The molecule has 0 amide bonds. The number of aromatic nitrogens is 2. The van der Waals surface area contributed by atoms with Gasteiger partial charge in [-0.25, -0.2) is 0 Å². The van der Waals surface area contributed by atoms with E-state index in [1.807, 2.05) is 0 Å². The molecule has 1 aromatic heterocycles. The summed E-state index contributed by atoms with van der Waals surface area (Å²) in [7, 11) is 1.73. The summed E-state index contributed by atoms with van der Waals surface area (Å²) in [6.45, 7) is 2.29. The van der Waals surface area contributed by atoms with Crippen molar-refractivity contribution < 1.29 is 14.0 Å². The third kappa shape index (κ3) is 2.09. The van der Waals surface area contributed by atoms with Crippen molar-refractivity contribution in [1.82, 2.24) is 10.1 Å². The standard InChI is InChI=1S/C12H18N2O3/c1-15-7-5-12(3-4-12)11-13-10(14-17-11)9-2-6-16-8-9/h9H,2-8H2,1H3/t9-/m0/s1. The van der Waals surface area contributed by atoms with E-state index < -0.39 is 0 Å². The van der Waals surface area contributed by atoms with E-state index in [-0.39, 0.29) is 5.41 Å². The Hall–Kier alpha value is -0.940. The SMILES string of the molecule is COCCC1(c2nc([C@H]3CCOC3)no2)CC1. The number of methoxy groups -OCH3 is 1. The fourth-order valence-corrected chi connectivity index (χ4v) is 2.37. The molecular weight excluding hydrogens is 220 g/mol. The van der Waals surface area contributed by atoms with Crippen molar-refractivity contribution in [3.8, 4) is 0 Å². The van der Waals surface area contributed by atoms with Crippen molar-refractivity contribution in [1.29, 1.82) is 0 Å². The molecule has 94 valence electrons. The lowest BCUT2D eigenvalue weighted by Gasteiger charge is -2.08. The number of nitrogens with zero attached hydrogens (tertiary/aromatic N) is 2. The first-order valence-corrected chi connectivity index (χ1v) is 6.25. The molecule has 2 heterocycles. The van der Waals surface area contributed by atoms with Crippen LogP contribution >= 0.6 is 0 Å². The van der Waals surface area contributed by atoms with E-state index >= 15 is 0 Å². The van der Waals surface area contributed by atoms with Crippen molar-refractivity contribution in [3.05, 3.63) is 11.7 Å². The Labute approximate surface area is 100 Å². The zero-order valence-corrected chi connectivity index (χ0v) is 10.1. The molecule has 0 bridgehead atoms. The Morgan fingerprint density at radius 2 is 2.35 bits per heavy atom. The summed E-state index contributed by atoms with van der Waals surface area (Å²) in [6, 6.07) is 0. The number of hydrogen-bond acceptors (Lipinski definition) is 5. The van der Waals surface area contributed by atoms with Gasteiger partial charge in [-0.1, -0.05) is 5.16 Å². The van der Waals surface area contributed by atoms with Gasteiger partial charge in [0.2, 0.25) is 5.89 Å². The van der Waals surface area contributed by atoms with Gasteiger partial charge < -0.3 is 14.0 Å². The van der Waals surface area contributed by atoms with Gasteiger partial charge in [0.05, 0.1) is 12.0 Å². The van der Waals surface area contributed by atoms with Crippen molar-refractivity contribution in [3.63, 3.8) is 0 Å². The zero-order valence-electron chi connectivity index (χ0n) is 10.1. The third-order valence-electron chi connectivity index (χ3n) is 3.83. The molecule has 5 nitrogen and oxygen atoms in total. The molecule has 1 aliphatic carbocycles. The minimum absolute atomic E-state index is 0.112. The van der Waals surface area contributed by atoms with Crippen LogP contribution in [-0.2, 0) is 14.9 Å². The van der Waals surface area contributed by atoms with Gasteiger partial charge in [0.15, 0.2) is 5.82 Å². The molecular formula is C12H18N2O3. The lowest BCUT2D eigenvalue weighted by Crippen LogP contribution is -2.11. The number of rotatable bonds is 5. The van der Waals surface area contributed by atoms with Gasteiger partial charge in [0.1, 0.15) is 0 Å². The minimum Gasteiger partial charge on any atom is -0.385 e. The molecule has 0 radical (unpaired) electrons. The van der Waals surface area contributed by atoms with E-state index in [4.69, 9.17) is 14.0 Å². The van der Waals surface area contributed by atoms with E-state index in [1.165, 1.54) is 0 Å². The molecule has 1 atom stereocenters. The van der Waals surface area contributed by atoms with Crippen LogP contribution < -0.4 is 0 Å². The second-order valence-corrected chi connectivity index (χ2v) is 5.04. The molecule has 0 unspecified atom stereocenters. The van der Waals surface area contributed by atoms with Crippen LogP contribution in [0.1, 0.15) is 43.3 Å². The predicted molar refractivity (Wildman–Crippen MR) is 59.9 cm³/mol. The van der Waals surface area contributed by atoms with E-state index in [0.717, 1.165) is 57.2 Å². The van der Waals surface area contributed by atoms with Gasteiger partial charge in [-0.15, -0.1) is 0 Å². The Bertz CT molecular complexity index is 381. The van der Waals surface area contributed by atoms with Crippen molar-refractivity contribution >= 4 is 0 Å². The quantitative estimate of drug-likeness (QED) is 0.780. The maximum Gasteiger partial charge on any atom is 0.232 e. The van der Waals surface area contributed by atoms with Crippen LogP contribution in [0, 0.1) is 0 Å². The predicted octanol–water partition coefficient (Wildman–Crippen LogP) is 1.64. The third-order valence-corrected chi connectivity index (χ3v) is 3.83. The van der Waals surface area contributed by atoms with E-state index in [0.29, 0.717) is 5.92 Å². The molecule has 1 saturated carbocycles. The van der Waals surface area contributed by atoms with Crippen LogP contribution in [0.3, 0.4) is 0 Å². The average Bonchev–Trinajstić information content (AvgIpc) is 2.83. The second kappa shape index (κ2) is 4.38. The maximum absolute atomic E-state index is 5.43. The zero-order chi connectivity index (χ0) is 11.7. The topological polar surface area (TPSA) is 57.4 Å². The Morgan fingerprint density at radius 1 is 1.47 bits per heavy atom. The minimum atomic E-state index is 0.112. The van der Waals surface area contributed by atoms with Gasteiger partial charge in [-0.2, -0.15) is 4.98 Å². The summed E-state index contributed by atoms with van der Waals surface area (Å²) >= 11 is 0. The number of ether oxygens (including phenoxy) is 2. The largest absolute Gasteiger partial charge is 0.385 e. The van der Waals surface area contributed by atoms with Crippen LogP contribution in [-0.4, -0.2) is 37.1 Å². The summed E-state index contributed by atoms with van der Waals surface area (Å²) in [5.74, 6) is 1.95. The molecule has 1 aliphatic heterocycles. The highest BCUT2D eigenvalue weighted by Gasteiger charge is 2.49. The highest BCUT2D eigenvalue weighted by molar-refractivity contribution is 5.16. The van der Waals surface area contributed by atoms with E-state index in [2.05, 4.69) is 10.1 Å². The lowest BCUT2D eigenvalue weighted by atomic mass is 10.0. The van der Waals surface area contributed by atoms with Gasteiger partial charge in [-0.05, 0) is 25.7 Å². The first-order chi connectivity index (χ1) is 8.34. The van der Waals surface area contributed by atoms with E-state index in [9.17, 15) is 0 Å². The average molecular weight is 238 g/mol. The van der Waals surface area contributed by atoms with Gasteiger partial charge in [0.25, 0.3) is 0 Å². The smallest absolute Gasteiger partial charge is 0.232 e. The van der Waals surface area contributed by atoms with Gasteiger partial charge in [0, 0.05) is 26.2 Å². The Balaban J connectivity index is 1.71. The number of hydrogen-bond donors (Lipinski definition) is 0. The summed E-state index contributed by atoms with van der Waals surface area (Å²) < 4.78 is 15.9. The van der Waals surface area contributed by atoms with E-state index in [1.54, 1.807) is 7.11 Å². The molecule has 0 spiro atoms. The summed E-state index contributed by atoms with van der Waals surface area (Å²) in [6.07, 6.45) is 4.26. The molecule has 5 heteroatoms. The lowest BCUT2D eigenvalue weighted by molar-refractivity contribution is 0.177. The fourth-order valence-electron chi connectivity index (χ4n) is 2.37. The molecule has 1 saturated heterocycles. The van der Waals surface area contributed by atoms with Crippen LogP contribution in [0.25, 0.3) is 0 Å². The van der Waals surface area contributed by atoms with Crippen LogP contribution in [0.5, 0.6) is 0 Å². The molecule has 2 aliphatic rings. The molecule has 2 fully saturated rings. The van der Waals surface area contributed by atoms with Crippen LogP contribution in [0.4, 0.5) is 0 Å². The monoisotopic (exact) mass is 238 g/mol. The highest BCUT2D eigenvalue weighted by atomic mass is 16.5. The van der Waals surface area contributed by atoms with Crippen LogP contribution in [0.2, 0.25) is 0 Å². The summed E-state index contributed by atoms with van der Waals surface area (Å²) in [5.41, 5.74) is 0.112. The van der Waals surface area contributed by atoms with Gasteiger partial charge >= 0.3 is 0 Å². The fraction of sp³-hybridized carbons (Fsp3) is 0.833. The maximum atomic E-state index is 5.43. The van der Waals surface area contributed by atoms with Crippen LogP contribution in [0.15, 0.2) is 4.52 Å². The molecule has 0 aromatic carbocycles. The first kappa shape index (κ1) is 11.2. The normalized spacial score (nSPS) is 26.3. The summed E-state index contributed by atoms with van der Waals surface area (Å²) in [5, 5.41) is 4.11. The Kier molecular flexibility index (Phi) is 2.88. The highest BCUT2D eigenvalue weighted by Crippen LogP contribution is 2.50. The molecule has 3 rings (SSSR count). The second-order valence-electron chi connectivity index (χ2n) is 5.04.